The number of rotatable bonds is 2. The van der Waals surface area contributed by atoms with E-state index in [0.717, 1.165) is 22.7 Å². The Morgan fingerprint density at radius 1 is 0.857 bits per heavy atom. The number of fused-ring (bicyclic) bond motifs is 3. The van der Waals surface area contributed by atoms with Gasteiger partial charge in [-0.05, 0) is 67.3 Å². The Morgan fingerprint density at radius 2 is 1.64 bits per heavy atom. The first-order valence-electron chi connectivity index (χ1n) is 9.70. The fourth-order valence-corrected chi connectivity index (χ4v) is 3.90. The second-order valence-electron chi connectivity index (χ2n) is 7.65. The fraction of sp³-hybridized carbons (Fsp3) is 0.160. The van der Waals surface area contributed by atoms with E-state index in [2.05, 4.69) is 97.4 Å². The SMILES string of the molecule is Cc1ccc([C@H]2C=C(c3ccc(C)c(C)c3)Nc3nc4ccccc4n32)cc1. The lowest BCUT2D eigenvalue weighted by Crippen LogP contribution is -2.19. The van der Waals surface area contributed by atoms with Crippen molar-refractivity contribution in [2.45, 2.75) is 26.8 Å². The van der Waals surface area contributed by atoms with Gasteiger partial charge in [-0.3, -0.25) is 4.57 Å². The number of anilines is 1. The highest BCUT2D eigenvalue weighted by atomic mass is 15.2. The molecule has 0 fully saturated rings. The van der Waals surface area contributed by atoms with Crippen LogP contribution in [0.1, 0.15) is 33.9 Å². The van der Waals surface area contributed by atoms with E-state index in [0.29, 0.717) is 0 Å². The topological polar surface area (TPSA) is 29.9 Å². The van der Waals surface area contributed by atoms with Crippen LogP contribution in [0.2, 0.25) is 0 Å². The molecule has 3 nitrogen and oxygen atoms in total. The number of nitrogens with zero attached hydrogens (tertiary/aromatic N) is 2. The molecule has 0 amide bonds. The molecule has 5 rings (SSSR count). The number of para-hydroxylation sites is 2. The molecule has 1 N–H and O–H groups in total. The summed E-state index contributed by atoms with van der Waals surface area (Å²) in [7, 11) is 0. The number of nitrogens with one attached hydrogen (secondary N) is 1. The molecule has 1 aliphatic heterocycles. The van der Waals surface area contributed by atoms with E-state index < -0.39 is 0 Å². The van der Waals surface area contributed by atoms with Gasteiger partial charge >= 0.3 is 0 Å². The zero-order valence-corrected chi connectivity index (χ0v) is 16.4. The highest BCUT2D eigenvalue weighted by Crippen LogP contribution is 2.37. The zero-order valence-electron chi connectivity index (χ0n) is 16.4. The Kier molecular flexibility index (Phi) is 3.83. The number of hydrogen-bond donors (Lipinski definition) is 1. The molecule has 1 aromatic heterocycles. The Labute approximate surface area is 165 Å². The fourth-order valence-electron chi connectivity index (χ4n) is 3.90. The summed E-state index contributed by atoms with van der Waals surface area (Å²) < 4.78 is 2.30. The molecule has 0 aliphatic carbocycles. The van der Waals surface area contributed by atoms with Gasteiger partial charge in [-0.2, -0.15) is 0 Å². The van der Waals surface area contributed by atoms with Crippen LogP contribution < -0.4 is 5.32 Å². The van der Waals surface area contributed by atoms with E-state index in [1.807, 2.05) is 6.07 Å². The van der Waals surface area contributed by atoms with Gasteiger partial charge in [0.2, 0.25) is 5.95 Å². The van der Waals surface area contributed by atoms with Gasteiger partial charge in [0.1, 0.15) is 0 Å². The molecule has 3 aromatic carbocycles. The van der Waals surface area contributed by atoms with Gasteiger partial charge in [-0.1, -0.05) is 54.1 Å². The van der Waals surface area contributed by atoms with E-state index in [4.69, 9.17) is 4.98 Å². The molecule has 1 atom stereocenters. The minimum atomic E-state index is 0.0980. The molecule has 0 saturated heterocycles. The second kappa shape index (κ2) is 6.38. The number of aryl methyl sites for hydroxylation is 3. The van der Waals surface area contributed by atoms with Gasteiger partial charge in [0.15, 0.2) is 0 Å². The Balaban J connectivity index is 1.71. The average molecular weight is 365 g/mol. The van der Waals surface area contributed by atoms with Gasteiger partial charge in [0.05, 0.1) is 17.1 Å². The molecule has 1 aliphatic rings. The Hall–Kier alpha value is -3.33. The molecule has 0 unspecified atom stereocenters. The van der Waals surface area contributed by atoms with E-state index >= 15 is 0 Å². The first kappa shape index (κ1) is 16.8. The molecule has 0 radical (unpaired) electrons. The molecular weight excluding hydrogens is 342 g/mol. The monoisotopic (exact) mass is 365 g/mol. The zero-order chi connectivity index (χ0) is 19.3. The van der Waals surface area contributed by atoms with Gasteiger partial charge in [0, 0.05) is 5.70 Å². The second-order valence-corrected chi connectivity index (χ2v) is 7.65. The lowest BCUT2D eigenvalue weighted by atomic mass is 9.98. The van der Waals surface area contributed by atoms with Gasteiger partial charge in [0.25, 0.3) is 0 Å². The van der Waals surface area contributed by atoms with E-state index in [1.165, 1.54) is 27.8 Å². The van der Waals surface area contributed by atoms with Crippen molar-refractivity contribution in [2.24, 2.45) is 0 Å². The quantitative estimate of drug-likeness (QED) is 0.471. The predicted molar refractivity (Wildman–Crippen MR) is 117 cm³/mol. The van der Waals surface area contributed by atoms with Crippen molar-refractivity contribution in [1.29, 1.82) is 0 Å². The number of allylic oxidation sites excluding steroid dienone is 1. The molecule has 138 valence electrons. The van der Waals surface area contributed by atoms with Crippen molar-refractivity contribution in [2.75, 3.05) is 5.32 Å². The normalized spacial score (nSPS) is 15.8. The van der Waals surface area contributed by atoms with Crippen molar-refractivity contribution in [3.05, 3.63) is 101 Å². The summed E-state index contributed by atoms with van der Waals surface area (Å²) in [6.45, 7) is 6.44. The molecule has 2 heterocycles. The molecule has 4 aromatic rings. The van der Waals surface area contributed by atoms with Crippen LogP contribution >= 0.6 is 0 Å². The number of imidazole rings is 1. The summed E-state index contributed by atoms with van der Waals surface area (Å²) in [6.07, 6.45) is 2.32. The lowest BCUT2D eigenvalue weighted by molar-refractivity contribution is 0.720. The first-order chi connectivity index (χ1) is 13.6. The maximum Gasteiger partial charge on any atom is 0.209 e. The van der Waals surface area contributed by atoms with Gasteiger partial charge in [-0.25, -0.2) is 4.98 Å². The van der Waals surface area contributed by atoms with Crippen molar-refractivity contribution in [3.8, 4) is 0 Å². The van der Waals surface area contributed by atoms with Crippen LogP contribution in [0, 0.1) is 20.8 Å². The minimum Gasteiger partial charge on any atom is -0.325 e. The Bertz CT molecular complexity index is 1210. The summed E-state index contributed by atoms with van der Waals surface area (Å²) in [5.74, 6) is 0.891. The van der Waals surface area contributed by atoms with Crippen LogP contribution in [0.4, 0.5) is 5.95 Å². The highest BCUT2D eigenvalue weighted by Gasteiger charge is 2.25. The number of aromatic nitrogens is 2. The van der Waals surface area contributed by atoms with Crippen LogP contribution in [0.15, 0.2) is 72.8 Å². The minimum absolute atomic E-state index is 0.0980. The standard InChI is InChI=1S/C25H23N3/c1-16-8-11-19(12-9-16)24-15-22(20-13-10-17(2)18(3)14-20)27-25-26-21-6-4-5-7-23(21)28(24)25/h4-15,24H,1-3H3,(H,26,27)/t24-/m1/s1. The molecule has 0 spiro atoms. The summed E-state index contributed by atoms with van der Waals surface area (Å²) in [5, 5.41) is 3.57. The molecular formula is C25H23N3. The summed E-state index contributed by atoms with van der Waals surface area (Å²) in [5.41, 5.74) is 9.59. The van der Waals surface area contributed by atoms with Crippen LogP contribution in [-0.4, -0.2) is 9.55 Å². The van der Waals surface area contributed by atoms with Crippen molar-refractivity contribution in [3.63, 3.8) is 0 Å². The van der Waals surface area contributed by atoms with Crippen molar-refractivity contribution < 1.29 is 0 Å². The third-order valence-electron chi connectivity index (χ3n) is 5.68. The van der Waals surface area contributed by atoms with Crippen LogP contribution in [-0.2, 0) is 0 Å². The van der Waals surface area contributed by atoms with E-state index in [1.54, 1.807) is 0 Å². The third-order valence-corrected chi connectivity index (χ3v) is 5.68. The Morgan fingerprint density at radius 3 is 2.43 bits per heavy atom. The van der Waals surface area contributed by atoms with Crippen LogP contribution in [0.25, 0.3) is 16.7 Å². The average Bonchev–Trinajstić information content (AvgIpc) is 3.08. The molecule has 0 bridgehead atoms. The lowest BCUT2D eigenvalue weighted by Gasteiger charge is -2.27. The van der Waals surface area contributed by atoms with Crippen LogP contribution in [0.5, 0.6) is 0 Å². The smallest absolute Gasteiger partial charge is 0.209 e. The highest BCUT2D eigenvalue weighted by molar-refractivity contribution is 5.85. The summed E-state index contributed by atoms with van der Waals surface area (Å²) >= 11 is 0. The van der Waals surface area contributed by atoms with E-state index in [-0.39, 0.29) is 6.04 Å². The predicted octanol–water partition coefficient (Wildman–Crippen LogP) is 6.02. The largest absolute Gasteiger partial charge is 0.325 e. The van der Waals surface area contributed by atoms with Crippen molar-refractivity contribution in [1.82, 2.24) is 9.55 Å². The maximum absolute atomic E-state index is 4.87. The molecule has 0 saturated carbocycles. The van der Waals surface area contributed by atoms with Crippen LogP contribution in [0.3, 0.4) is 0 Å². The van der Waals surface area contributed by atoms with Gasteiger partial charge < -0.3 is 5.32 Å². The number of hydrogen-bond acceptors (Lipinski definition) is 2. The summed E-state index contributed by atoms with van der Waals surface area (Å²) in [4.78, 5) is 4.87. The maximum atomic E-state index is 4.87. The molecule has 3 heteroatoms. The number of benzene rings is 3. The van der Waals surface area contributed by atoms with Crippen molar-refractivity contribution >= 4 is 22.7 Å². The van der Waals surface area contributed by atoms with E-state index in [9.17, 15) is 0 Å². The molecule has 28 heavy (non-hydrogen) atoms. The first-order valence-corrected chi connectivity index (χ1v) is 9.70. The summed E-state index contributed by atoms with van der Waals surface area (Å²) in [6, 6.07) is 23.9. The van der Waals surface area contributed by atoms with Gasteiger partial charge in [-0.15, -0.1) is 0 Å². The third kappa shape index (κ3) is 2.71.